The van der Waals surface area contributed by atoms with Crippen LogP contribution in [-0.2, 0) is 32.0 Å². The number of aromatic nitrogens is 3. The summed E-state index contributed by atoms with van der Waals surface area (Å²) in [5, 5.41) is 45.0. The van der Waals surface area contributed by atoms with Gasteiger partial charge < -0.3 is 45.0 Å². The summed E-state index contributed by atoms with van der Waals surface area (Å²) in [5.41, 5.74) is 0.226. The van der Waals surface area contributed by atoms with Crippen molar-refractivity contribution in [2.24, 2.45) is 0 Å². The Morgan fingerprint density at radius 2 is 1.56 bits per heavy atom. The molecule has 8 bridgehead atoms. The number of phosphoric acid groups is 2. The van der Waals surface area contributed by atoms with E-state index in [0.29, 0.717) is 9.99 Å². The Bertz CT molecular complexity index is 1250. The van der Waals surface area contributed by atoms with Gasteiger partial charge in [0.25, 0.3) is 0 Å². The first-order valence-electron chi connectivity index (χ1n) is 10.3. The van der Waals surface area contributed by atoms with Gasteiger partial charge >= 0.3 is 15.6 Å². The second-order valence-electron chi connectivity index (χ2n) is 8.17. The highest BCUT2D eigenvalue weighted by Gasteiger charge is 2.48. The van der Waals surface area contributed by atoms with E-state index in [4.69, 9.17) is 14.0 Å². The van der Waals surface area contributed by atoms with E-state index >= 15 is 0 Å². The molecule has 2 aromatic rings. The standard InChI is InChI=1S/C16H21BrN4O13P2/c17-8-1-5-13-18-4-19-14(5)21(8)16-12(25)10(23)7(33-16)3-31-36(28,29)34-35(26,27)30-2-6-9(22)11(24)15(20-13)32-6/h1,4,6-7,9-12,15-16,22-25H,2-3H2,(H,26,27)(H,28,29)(H,18,19,20)/t6-,7-,9-,10-,11-,12-,15-,16-/m1/s1. The Hall–Kier alpha value is -1.08. The molecule has 0 aromatic carbocycles. The van der Waals surface area contributed by atoms with E-state index in [1.165, 1.54) is 10.9 Å². The zero-order chi connectivity index (χ0) is 26.0. The summed E-state index contributed by atoms with van der Waals surface area (Å²) in [6.07, 6.45) is -10.3. The third kappa shape index (κ3) is 4.88. The van der Waals surface area contributed by atoms with Crippen molar-refractivity contribution in [3.8, 4) is 0 Å². The van der Waals surface area contributed by atoms with E-state index in [0.717, 1.165) is 0 Å². The molecule has 3 aliphatic heterocycles. The van der Waals surface area contributed by atoms with Crippen molar-refractivity contribution in [1.82, 2.24) is 14.5 Å². The fourth-order valence-electron chi connectivity index (χ4n) is 4.09. The van der Waals surface area contributed by atoms with E-state index in [9.17, 15) is 39.3 Å². The van der Waals surface area contributed by atoms with Crippen LogP contribution in [0, 0.1) is 0 Å². The van der Waals surface area contributed by atoms with Gasteiger partial charge in [0.1, 0.15) is 54.4 Å². The zero-order valence-electron chi connectivity index (χ0n) is 17.8. The van der Waals surface area contributed by atoms with Gasteiger partial charge in [0.2, 0.25) is 0 Å². The van der Waals surface area contributed by atoms with Crippen LogP contribution in [0.4, 0.5) is 5.82 Å². The molecule has 2 saturated heterocycles. The number of ether oxygens (including phenoxy) is 2. The molecule has 3 aliphatic rings. The number of hydrogen-bond donors (Lipinski definition) is 7. The van der Waals surface area contributed by atoms with Gasteiger partial charge in [-0.15, -0.1) is 0 Å². The zero-order valence-corrected chi connectivity index (χ0v) is 21.2. The number of halogens is 1. The Kier molecular flexibility index (Phi) is 7.06. The fraction of sp³-hybridized carbons (Fsp3) is 0.625. The first kappa shape index (κ1) is 26.5. The number of phosphoric ester groups is 2. The van der Waals surface area contributed by atoms with Crippen LogP contribution in [0.15, 0.2) is 17.0 Å². The number of nitrogens with zero attached hydrogens (tertiary/aromatic N) is 3. The van der Waals surface area contributed by atoms with Gasteiger partial charge in [0.05, 0.1) is 23.2 Å². The molecule has 7 N–H and O–H groups in total. The molecular formula is C16H21BrN4O13P2. The molecule has 17 nitrogen and oxygen atoms in total. The highest BCUT2D eigenvalue weighted by molar-refractivity contribution is 9.10. The third-order valence-electron chi connectivity index (χ3n) is 5.83. The molecule has 20 heteroatoms. The predicted molar refractivity (Wildman–Crippen MR) is 118 cm³/mol. The molecule has 10 atom stereocenters. The molecule has 200 valence electrons. The topological polar surface area (TPSA) is 244 Å². The summed E-state index contributed by atoms with van der Waals surface area (Å²) in [7, 11) is -10.5. The molecule has 2 unspecified atom stereocenters. The van der Waals surface area contributed by atoms with Crippen molar-refractivity contribution >= 4 is 48.4 Å². The molecule has 0 amide bonds. The van der Waals surface area contributed by atoms with Crippen LogP contribution in [-0.4, -0.2) is 101 Å². The highest BCUT2D eigenvalue weighted by atomic mass is 79.9. The van der Waals surface area contributed by atoms with Crippen LogP contribution in [0.1, 0.15) is 6.23 Å². The van der Waals surface area contributed by atoms with Gasteiger partial charge in [0.15, 0.2) is 12.5 Å². The number of anilines is 1. The van der Waals surface area contributed by atoms with Gasteiger partial charge in [-0.25, -0.2) is 19.1 Å². The van der Waals surface area contributed by atoms with Crippen LogP contribution in [0.2, 0.25) is 0 Å². The van der Waals surface area contributed by atoms with Crippen molar-refractivity contribution in [2.75, 3.05) is 18.5 Å². The van der Waals surface area contributed by atoms with Gasteiger partial charge in [-0.05, 0) is 22.0 Å². The lowest BCUT2D eigenvalue weighted by Gasteiger charge is -2.21. The van der Waals surface area contributed by atoms with Crippen LogP contribution < -0.4 is 5.32 Å². The second kappa shape index (κ2) is 9.59. The maximum Gasteiger partial charge on any atom is 0.481 e. The summed E-state index contributed by atoms with van der Waals surface area (Å²) in [4.78, 5) is 28.0. The number of aliphatic hydroxyl groups is 4. The van der Waals surface area contributed by atoms with Crippen LogP contribution in [0.25, 0.3) is 11.0 Å². The summed E-state index contributed by atoms with van der Waals surface area (Å²) in [5.74, 6) is 0.156. The number of aliphatic hydroxyl groups excluding tert-OH is 4. The minimum absolute atomic E-state index is 0.156. The predicted octanol–water partition coefficient (Wildman–Crippen LogP) is -1.06. The molecule has 0 saturated carbocycles. The quantitative estimate of drug-likeness (QED) is 0.174. The normalized spacial score (nSPS) is 43.9. The molecular weight excluding hydrogens is 598 g/mol. The lowest BCUT2D eigenvalue weighted by molar-refractivity contribution is -0.0513. The maximum absolute atomic E-state index is 12.2. The summed E-state index contributed by atoms with van der Waals surface area (Å²) in [6, 6.07) is 1.56. The van der Waals surface area contributed by atoms with Crippen LogP contribution in [0.3, 0.4) is 0 Å². The largest absolute Gasteiger partial charge is 0.481 e. The fourth-order valence-corrected chi connectivity index (χ4v) is 6.78. The molecule has 0 spiro atoms. The van der Waals surface area contributed by atoms with Crippen molar-refractivity contribution in [2.45, 2.75) is 49.1 Å². The Morgan fingerprint density at radius 1 is 0.944 bits per heavy atom. The number of rotatable bonds is 0. The molecule has 2 fully saturated rings. The van der Waals surface area contributed by atoms with Crippen molar-refractivity contribution in [3.05, 3.63) is 17.0 Å². The molecule has 36 heavy (non-hydrogen) atoms. The molecule has 0 aliphatic carbocycles. The van der Waals surface area contributed by atoms with Gasteiger partial charge in [-0.1, -0.05) is 0 Å². The van der Waals surface area contributed by atoms with E-state index in [1.807, 2.05) is 0 Å². The van der Waals surface area contributed by atoms with E-state index in [2.05, 4.69) is 40.0 Å². The maximum atomic E-state index is 12.2. The average Bonchev–Trinajstić information content (AvgIpc) is 3.37. The molecule has 5 heterocycles. The minimum atomic E-state index is -5.25. The summed E-state index contributed by atoms with van der Waals surface area (Å²) < 4.78 is 50.9. The first-order valence-corrected chi connectivity index (χ1v) is 14.1. The monoisotopic (exact) mass is 618 g/mol. The van der Waals surface area contributed by atoms with Gasteiger partial charge in [-0.3, -0.25) is 13.6 Å². The lowest BCUT2D eigenvalue weighted by Crippen LogP contribution is -2.37. The number of nitrogens with one attached hydrogen (secondary N) is 1. The van der Waals surface area contributed by atoms with Gasteiger partial charge in [-0.2, -0.15) is 4.31 Å². The Balaban J connectivity index is 1.55. The Labute approximate surface area is 209 Å². The van der Waals surface area contributed by atoms with Crippen molar-refractivity contribution < 1.29 is 62.2 Å². The molecule has 5 rings (SSSR count). The summed E-state index contributed by atoms with van der Waals surface area (Å²) in [6.45, 7) is -1.64. The van der Waals surface area contributed by atoms with Crippen molar-refractivity contribution in [1.29, 1.82) is 0 Å². The summed E-state index contributed by atoms with van der Waals surface area (Å²) >= 11 is 3.34. The average molecular weight is 619 g/mol. The Morgan fingerprint density at radius 3 is 2.22 bits per heavy atom. The molecule has 2 aromatic heterocycles. The first-order chi connectivity index (χ1) is 16.9. The van der Waals surface area contributed by atoms with Crippen LogP contribution >= 0.6 is 31.6 Å². The van der Waals surface area contributed by atoms with E-state index in [1.54, 1.807) is 6.07 Å². The highest BCUT2D eigenvalue weighted by Crippen LogP contribution is 2.60. The number of fused-ring (bicyclic) bond motifs is 5. The number of hydrogen-bond acceptors (Lipinski definition) is 14. The van der Waals surface area contributed by atoms with E-state index < -0.39 is 77.9 Å². The van der Waals surface area contributed by atoms with E-state index in [-0.39, 0.29) is 11.5 Å². The third-order valence-corrected chi connectivity index (χ3v) is 9.04. The minimum Gasteiger partial charge on any atom is -0.387 e. The lowest BCUT2D eigenvalue weighted by atomic mass is 10.1. The smallest absolute Gasteiger partial charge is 0.387 e. The second-order valence-corrected chi connectivity index (χ2v) is 12.0. The van der Waals surface area contributed by atoms with Crippen molar-refractivity contribution in [3.63, 3.8) is 0 Å². The van der Waals surface area contributed by atoms with Gasteiger partial charge in [0, 0.05) is 0 Å². The van der Waals surface area contributed by atoms with Crippen LogP contribution in [0.5, 0.6) is 0 Å². The SMILES string of the molecule is O=P1(O)OC[C@H]2O[C@@H](Nc3ncnc4c3cc(Br)n4[C@@H]3O[C@H](COP(=O)(O)O1)[C@@H](O)[C@H]3O)[C@H](O)[C@@H]2O. The molecule has 0 radical (unpaired) electrons.